The lowest BCUT2D eigenvalue weighted by Gasteiger charge is -2.51. The van der Waals surface area contributed by atoms with Gasteiger partial charge in [0.2, 0.25) is 5.91 Å². The van der Waals surface area contributed by atoms with Crippen LogP contribution in [0, 0.1) is 0 Å². The van der Waals surface area contributed by atoms with E-state index >= 15 is 0 Å². The maximum absolute atomic E-state index is 14.4. The molecule has 6 rings (SSSR count). The molecule has 0 radical (unpaired) electrons. The quantitative estimate of drug-likeness (QED) is 0.237. The minimum absolute atomic E-state index is 0.0380. The van der Waals surface area contributed by atoms with Crippen LogP contribution in [-0.4, -0.2) is 52.9 Å². The average molecular weight is 607 g/mol. The predicted octanol–water partition coefficient (Wildman–Crippen LogP) is 6.89. The molecule has 0 aliphatic carbocycles. The normalized spacial score (nSPS) is 20.1. The number of hydrogen-bond donors (Lipinski definition) is 1. The largest absolute Gasteiger partial charge is 0.490 e. The number of fused-ring (bicyclic) bond motifs is 5. The zero-order valence-corrected chi connectivity index (χ0v) is 25.4. The molecule has 0 spiro atoms. The van der Waals surface area contributed by atoms with Gasteiger partial charge in [0.05, 0.1) is 18.9 Å². The molecule has 1 fully saturated rings. The summed E-state index contributed by atoms with van der Waals surface area (Å²) in [5, 5.41) is 2.00. The van der Waals surface area contributed by atoms with Crippen LogP contribution in [0.4, 0.5) is 0 Å². The fourth-order valence-corrected chi connectivity index (χ4v) is 6.77. The summed E-state index contributed by atoms with van der Waals surface area (Å²) >= 11 is 12.6. The molecule has 0 saturated carbocycles. The topological polar surface area (TPSA) is 74.9 Å². The lowest BCUT2D eigenvalue weighted by molar-refractivity contribution is -0.166. The number of para-hydroxylation sites is 1. The van der Waals surface area contributed by atoms with Crippen LogP contribution in [0.5, 0.6) is 11.5 Å². The molecular weight excluding hydrogens is 573 g/mol. The molecule has 42 heavy (non-hydrogen) atoms. The first-order chi connectivity index (χ1) is 20.3. The zero-order chi connectivity index (χ0) is 29.6. The lowest BCUT2D eigenvalue weighted by Crippen LogP contribution is -2.67. The summed E-state index contributed by atoms with van der Waals surface area (Å²) in [7, 11) is 0. The van der Waals surface area contributed by atoms with Gasteiger partial charge in [-0.2, -0.15) is 0 Å². The molecular formula is C33H33Cl2N3O4. The van der Waals surface area contributed by atoms with E-state index in [2.05, 4.69) is 18.0 Å². The van der Waals surface area contributed by atoms with E-state index in [1.165, 1.54) is 0 Å². The number of nitrogens with zero attached hydrogens (tertiary/aromatic N) is 2. The van der Waals surface area contributed by atoms with Gasteiger partial charge in [-0.3, -0.25) is 9.59 Å². The third kappa shape index (κ3) is 4.69. The van der Waals surface area contributed by atoms with E-state index in [-0.39, 0.29) is 30.8 Å². The Kier molecular flexibility index (Phi) is 7.58. The van der Waals surface area contributed by atoms with Crippen molar-refractivity contribution in [3.05, 3.63) is 93.1 Å². The van der Waals surface area contributed by atoms with E-state index in [1.807, 2.05) is 50.2 Å². The monoisotopic (exact) mass is 605 g/mol. The van der Waals surface area contributed by atoms with Gasteiger partial charge in [0.1, 0.15) is 6.54 Å². The number of ether oxygens (including phenoxy) is 2. The van der Waals surface area contributed by atoms with Crippen LogP contribution in [0.15, 0.2) is 60.7 Å². The Morgan fingerprint density at radius 3 is 2.57 bits per heavy atom. The summed E-state index contributed by atoms with van der Waals surface area (Å²) in [6.07, 6.45) is 0.888. The molecule has 9 heteroatoms. The van der Waals surface area contributed by atoms with Crippen molar-refractivity contribution in [2.75, 3.05) is 26.3 Å². The van der Waals surface area contributed by atoms with Crippen LogP contribution in [0.25, 0.3) is 10.9 Å². The highest BCUT2D eigenvalue weighted by molar-refractivity contribution is 6.35. The highest BCUT2D eigenvalue weighted by Gasteiger charge is 2.56. The number of aromatic amines is 1. The second-order valence-corrected chi connectivity index (χ2v) is 11.8. The third-order valence-electron chi connectivity index (χ3n) is 8.33. The number of amides is 2. The van der Waals surface area contributed by atoms with Crippen molar-refractivity contribution in [2.24, 2.45) is 0 Å². The molecule has 7 nitrogen and oxygen atoms in total. The smallest absolute Gasteiger partial charge is 0.255 e. The van der Waals surface area contributed by atoms with Crippen molar-refractivity contribution in [3.63, 3.8) is 0 Å². The Balaban J connectivity index is 1.46. The molecule has 1 N–H and O–H groups in total. The molecule has 2 aliphatic heterocycles. The molecule has 4 aromatic rings. The second kappa shape index (κ2) is 11.2. The van der Waals surface area contributed by atoms with Gasteiger partial charge in [-0.25, -0.2) is 0 Å². The Morgan fingerprint density at radius 1 is 1.00 bits per heavy atom. The summed E-state index contributed by atoms with van der Waals surface area (Å²) in [6, 6.07) is 19.2. The maximum Gasteiger partial charge on any atom is 0.255 e. The first-order valence-corrected chi connectivity index (χ1v) is 15.1. The molecule has 3 heterocycles. The minimum Gasteiger partial charge on any atom is -0.490 e. The Hall–Kier alpha value is -3.68. The average Bonchev–Trinajstić information content (AvgIpc) is 3.37. The number of carbonyl (C=O) groups excluding carboxylic acids is 2. The summed E-state index contributed by atoms with van der Waals surface area (Å²) in [5.41, 5.74) is 3.17. The molecule has 2 unspecified atom stereocenters. The highest BCUT2D eigenvalue weighted by Crippen LogP contribution is 2.49. The van der Waals surface area contributed by atoms with Gasteiger partial charge < -0.3 is 24.3 Å². The van der Waals surface area contributed by atoms with Crippen molar-refractivity contribution in [2.45, 2.75) is 45.2 Å². The molecule has 1 aromatic heterocycles. The first-order valence-electron chi connectivity index (χ1n) is 14.3. The predicted molar refractivity (Wildman–Crippen MR) is 164 cm³/mol. The molecule has 2 amide bonds. The number of nitrogens with one attached hydrogen (secondary N) is 1. The summed E-state index contributed by atoms with van der Waals surface area (Å²) in [4.78, 5) is 35.1. The summed E-state index contributed by atoms with van der Waals surface area (Å²) < 4.78 is 11.9. The first kappa shape index (κ1) is 28.4. The zero-order valence-electron chi connectivity index (χ0n) is 23.9. The van der Waals surface area contributed by atoms with Gasteiger partial charge in [0.15, 0.2) is 17.0 Å². The maximum atomic E-state index is 14.4. The van der Waals surface area contributed by atoms with Crippen molar-refractivity contribution in [3.8, 4) is 11.5 Å². The highest BCUT2D eigenvalue weighted by atomic mass is 35.5. The van der Waals surface area contributed by atoms with Gasteiger partial charge in [0.25, 0.3) is 5.91 Å². The van der Waals surface area contributed by atoms with Crippen molar-refractivity contribution in [1.82, 2.24) is 14.8 Å². The van der Waals surface area contributed by atoms with Crippen molar-refractivity contribution in [1.29, 1.82) is 0 Å². The second-order valence-electron chi connectivity index (χ2n) is 11.0. The molecule has 218 valence electrons. The van der Waals surface area contributed by atoms with Gasteiger partial charge in [-0.15, -0.1) is 0 Å². The SMILES string of the molecule is CCCOc1ccc(C2CN3C(=O)CN(Cc4ccc(Cl)cc4Cl)C(=O)C3(C)c3[nH]c4ccccc4c32)cc1OCC. The molecule has 1 saturated heterocycles. The number of piperazine rings is 1. The summed E-state index contributed by atoms with van der Waals surface area (Å²) in [6.45, 7) is 7.47. The third-order valence-corrected chi connectivity index (χ3v) is 8.91. The van der Waals surface area contributed by atoms with Crippen molar-refractivity contribution < 1.29 is 19.1 Å². The van der Waals surface area contributed by atoms with Gasteiger partial charge in [-0.05, 0) is 67.3 Å². The standard InChI is InChI=1S/C33H33Cl2N3O4/c1-4-14-42-27-13-11-20(15-28(27)41-5-2)24-18-38-29(39)19-37(17-21-10-12-22(34)16-25(21)35)32(40)33(38,3)31-30(24)23-8-6-7-9-26(23)36-31/h6-13,15-16,24,36H,4-5,14,17-19H2,1-3H3. The van der Waals surface area contributed by atoms with Gasteiger partial charge in [-0.1, -0.05) is 60.5 Å². The van der Waals surface area contributed by atoms with Crippen LogP contribution >= 0.6 is 23.2 Å². The van der Waals surface area contributed by atoms with Crippen LogP contribution in [0.2, 0.25) is 10.0 Å². The molecule has 3 aromatic carbocycles. The van der Waals surface area contributed by atoms with Crippen molar-refractivity contribution >= 4 is 45.9 Å². The van der Waals surface area contributed by atoms with Gasteiger partial charge >= 0.3 is 0 Å². The van der Waals surface area contributed by atoms with Crippen LogP contribution < -0.4 is 9.47 Å². The Labute approximate surface area is 255 Å². The molecule has 2 aliphatic rings. The number of hydrogen-bond acceptors (Lipinski definition) is 4. The van der Waals surface area contributed by atoms with E-state index in [0.717, 1.165) is 39.7 Å². The van der Waals surface area contributed by atoms with Gasteiger partial charge in [0, 0.05) is 40.0 Å². The van der Waals surface area contributed by atoms with Crippen LogP contribution in [0.3, 0.4) is 0 Å². The fraction of sp³-hybridized carbons (Fsp3) is 0.333. The number of aromatic nitrogens is 1. The van der Waals surface area contributed by atoms with E-state index in [9.17, 15) is 9.59 Å². The summed E-state index contributed by atoms with van der Waals surface area (Å²) in [5.74, 6) is 0.910. The number of H-pyrrole nitrogens is 1. The lowest BCUT2D eigenvalue weighted by atomic mass is 9.76. The van der Waals surface area contributed by atoms with E-state index in [1.54, 1.807) is 28.0 Å². The van der Waals surface area contributed by atoms with E-state index in [0.29, 0.717) is 41.3 Å². The Bertz CT molecular complexity index is 1690. The number of carbonyl (C=O) groups is 2. The van der Waals surface area contributed by atoms with Crippen LogP contribution in [-0.2, 0) is 21.7 Å². The van der Waals surface area contributed by atoms with Crippen LogP contribution in [0.1, 0.15) is 55.5 Å². The van der Waals surface area contributed by atoms with E-state index < -0.39 is 5.54 Å². The number of rotatable bonds is 8. The Morgan fingerprint density at radius 2 is 1.81 bits per heavy atom. The number of benzene rings is 3. The molecule has 2 atom stereocenters. The molecule has 0 bridgehead atoms. The van der Waals surface area contributed by atoms with E-state index in [4.69, 9.17) is 32.7 Å². The fourth-order valence-electron chi connectivity index (χ4n) is 6.30. The minimum atomic E-state index is -1.22. The number of halogens is 2.